The van der Waals surface area contributed by atoms with Gasteiger partial charge in [-0.3, -0.25) is 0 Å². The predicted octanol–water partition coefficient (Wildman–Crippen LogP) is 1.86. The van der Waals surface area contributed by atoms with Gasteiger partial charge in [-0.25, -0.2) is 4.98 Å². The van der Waals surface area contributed by atoms with Gasteiger partial charge in [0.05, 0.1) is 5.69 Å². The quantitative estimate of drug-likeness (QED) is 0.555. The van der Waals surface area contributed by atoms with Gasteiger partial charge in [-0.1, -0.05) is 32.1 Å². The molecular formula is C13H22N4S. The van der Waals surface area contributed by atoms with Gasteiger partial charge in [0, 0.05) is 6.54 Å². The molecule has 3 N–H and O–H groups in total. The Morgan fingerprint density at radius 2 is 2.11 bits per heavy atom. The normalized spacial score (nSPS) is 10.6. The highest BCUT2D eigenvalue weighted by atomic mass is 32.1. The molecule has 4 nitrogen and oxygen atoms in total. The molecule has 0 saturated heterocycles. The van der Waals surface area contributed by atoms with Gasteiger partial charge >= 0.3 is 0 Å². The molecule has 1 heterocycles. The van der Waals surface area contributed by atoms with Gasteiger partial charge < -0.3 is 16.0 Å². The minimum atomic E-state index is 0.335. The maximum absolute atomic E-state index is 5.55. The van der Waals surface area contributed by atoms with E-state index in [2.05, 4.69) is 29.0 Å². The van der Waals surface area contributed by atoms with Gasteiger partial charge in [0.2, 0.25) is 0 Å². The Labute approximate surface area is 115 Å². The zero-order chi connectivity index (χ0) is 13.4. The highest BCUT2D eigenvalue weighted by Gasteiger charge is 2.01. The Morgan fingerprint density at radius 3 is 2.72 bits per heavy atom. The van der Waals surface area contributed by atoms with Crippen molar-refractivity contribution in [1.82, 2.24) is 9.88 Å². The number of thiocarbonyl (C=S) groups is 1. The molecule has 0 radical (unpaired) electrons. The summed E-state index contributed by atoms with van der Waals surface area (Å²) in [6.07, 6.45) is 1.10. The number of nitrogens with two attached hydrogens (primary N) is 1. The van der Waals surface area contributed by atoms with Crippen LogP contribution in [0.3, 0.4) is 0 Å². The number of aromatic nitrogens is 1. The summed E-state index contributed by atoms with van der Waals surface area (Å²) in [5, 5.41) is 3.29. The molecule has 0 saturated carbocycles. The minimum Gasteiger partial charge on any atom is -0.388 e. The number of anilines is 1. The zero-order valence-electron chi connectivity index (χ0n) is 11.1. The Kier molecular flexibility index (Phi) is 6.60. The summed E-state index contributed by atoms with van der Waals surface area (Å²) in [4.78, 5) is 7.08. The summed E-state index contributed by atoms with van der Waals surface area (Å²) in [5.41, 5.74) is 6.21. The van der Waals surface area contributed by atoms with E-state index in [1.54, 1.807) is 0 Å². The largest absolute Gasteiger partial charge is 0.388 e. The van der Waals surface area contributed by atoms with Crippen LogP contribution >= 0.6 is 12.2 Å². The van der Waals surface area contributed by atoms with Crippen molar-refractivity contribution in [3.05, 3.63) is 23.9 Å². The van der Waals surface area contributed by atoms with Gasteiger partial charge in [-0.15, -0.1) is 0 Å². The van der Waals surface area contributed by atoms with Crippen molar-refractivity contribution in [2.75, 3.05) is 31.5 Å². The highest BCUT2D eigenvalue weighted by molar-refractivity contribution is 7.80. The van der Waals surface area contributed by atoms with Gasteiger partial charge in [0.15, 0.2) is 0 Å². The second-order valence-electron chi connectivity index (χ2n) is 4.08. The monoisotopic (exact) mass is 266 g/mol. The number of rotatable bonds is 8. The molecule has 1 aromatic heterocycles. The van der Waals surface area contributed by atoms with E-state index in [0.717, 1.165) is 38.4 Å². The molecule has 0 unspecified atom stereocenters. The van der Waals surface area contributed by atoms with Crippen molar-refractivity contribution < 1.29 is 0 Å². The molecule has 0 aliphatic rings. The summed E-state index contributed by atoms with van der Waals surface area (Å²) in [7, 11) is 0. The zero-order valence-corrected chi connectivity index (χ0v) is 12.0. The molecule has 18 heavy (non-hydrogen) atoms. The first-order chi connectivity index (χ1) is 8.67. The molecule has 1 rings (SSSR count). The number of pyridine rings is 1. The van der Waals surface area contributed by atoms with Gasteiger partial charge in [-0.05, 0) is 38.2 Å². The number of nitrogens with zero attached hydrogens (tertiary/aromatic N) is 2. The van der Waals surface area contributed by atoms with Crippen molar-refractivity contribution >= 4 is 23.0 Å². The highest BCUT2D eigenvalue weighted by Crippen LogP contribution is 2.05. The van der Waals surface area contributed by atoms with E-state index in [-0.39, 0.29) is 0 Å². The van der Waals surface area contributed by atoms with E-state index < -0.39 is 0 Å². The Morgan fingerprint density at radius 1 is 1.39 bits per heavy atom. The molecule has 0 fully saturated rings. The molecular weight excluding hydrogens is 244 g/mol. The lowest BCUT2D eigenvalue weighted by Crippen LogP contribution is -2.25. The fourth-order valence-electron chi connectivity index (χ4n) is 1.73. The minimum absolute atomic E-state index is 0.335. The molecule has 0 aliphatic heterocycles. The molecule has 0 aromatic carbocycles. The van der Waals surface area contributed by atoms with Crippen LogP contribution in [0.4, 0.5) is 5.82 Å². The molecule has 0 amide bonds. The summed E-state index contributed by atoms with van der Waals surface area (Å²) in [6.45, 7) is 8.59. The third kappa shape index (κ3) is 4.98. The van der Waals surface area contributed by atoms with Gasteiger partial charge in [0.25, 0.3) is 0 Å². The fourth-order valence-corrected chi connectivity index (χ4v) is 1.84. The molecule has 1 aromatic rings. The second kappa shape index (κ2) is 8.00. The molecule has 0 aliphatic carbocycles. The first kappa shape index (κ1) is 14.9. The summed E-state index contributed by atoms with van der Waals surface area (Å²) in [6, 6.07) is 5.66. The van der Waals surface area contributed by atoms with Crippen LogP contribution in [-0.4, -0.2) is 41.1 Å². The summed E-state index contributed by atoms with van der Waals surface area (Å²) in [5.74, 6) is 0.833. The molecule has 100 valence electrons. The third-order valence-corrected chi connectivity index (χ3v) is 3.06. The topological polar surface area (TPSA) is 54.2 Å². The van der Waals surface area contributed by atoms with E-state index in [9.17, 15) is 0 Å². The van der Waals surface area contributed by atoms with Crippen molar-refractivity contribution in [1.29, 1.82) is 0 Å². The van der Waals surface area contributed by atoms with Crippen LogP contribution in [-0.2, 0) is 0 Å². The standard InChI is InChI=1S/C13H22N4S/c1-3-17(4-2)10-6-9-15-12-8-5-7-11(16-12)13(14)18/h5,7-8H,3-4,6,9-10H2,1-2H3,(H2,14,18)(H,15,16). The Bertz CT molecular complexity index is 377. The van der Waals surface area contributed by atoms with Crippen LogP contribution < -0.4 is 11.1 Å². The van der Waals surface area contributed by atoms with Crippen LogP contribution in [0.1, 0.15) is 26.0 Å². The van der Waals surface area contributed by atoms with Crippen molar-refractivity contribution in [3.63, 3.8) is 0 Å². The van der Waals surface area contributed by atoms with E-state index in [1.807, 2.05) is 18.2 Å². The molecule has 0 atom stereocenters. The van der Waals surface area contributed by atoms with E-state index in [1.165, 1.54) is 0 Å². The molecule has 0 spiro atoms. The first-order valence-corrected chi connectivity index (χ1v) is 6.81. The lowest BCUT2D eigenvalue weighted by Gasteiger charge is -2.17. The number of hydrogen-bond acceptors (Lipinski definition) is 4. The Balaban J connectivity index is 2.35. The molecule has 0 bridgehead atoms. The summed E-state index contributed by atoms with van der Waals surface area (Å²) >= 11 is 4.90. The lowest BCUT2D eigenvalue weighted by atomic mass is 10.3. The predicted molar refractivity (Wildman–Crippen MR) is 81.0 cm³/mol. The van der Waals surface area contributed by atoms with Crippen LogP contribution in [0.5, 0.6) is 0 Å². The third-order valence-electron chi connectivity index (χ3n) is 2.85. The lowest BCUT2D eigenvalue weighted by molar-refractivity contribution is 0.303. The Hall–Kier alpha value is -1.20. The first-order valence-electron chi connectivity index (χ1n) is 6.40. The summed E-state index contributed by atoms with van der Waals surface area (Å²) < 4.78 is 0. The van der Waals surface area contributed by atoms with E-state index in [0.29, 0.717) is 10.7 Å². The van der Waals surface area contributed by atoms with Gasteiger partial charge in [-0.2, -0.15) is 0 Å². The second-order valence-corrected chi connectivity index (χ2v) is 4.52. The fraction of sp³-hybridized carbons (Fsp3) is 0.538. The van der Waals surface area contributed by atoms with Crippen LogP contribution in [0.25, 0.3) is 0 Å². The van der Waals surface area contributed by atoms with Crippen LogP contribution in [0, 0.1) is 0 Å². The maximum atomic E-state index is 5.55. The van der Waals surface area contributed by atoms with Crippen LogP contribution in [0.2, 0.25) is 0 Å². The van der Waals surface area contributed by atoms with Crippen molar-refractivity contribution in [2.24, 2.45) is 5.73 Å². The van der Waals surface area contributed by atoms with Crippen LogP contribution in [0.15, 0.2) is 18.2 Å². The average molecular weight is 266 g/mol. The SMILES string of the molecule is CCN(CC)CCCNc1cccc(C(N)=S)n1. The van der Waals surface area contributed by atoms with Crippen molar-refractivity contribution in [3.8, 4) is 0 Å². The smallest absolute Gasteiger partial charge is 0.126 e. The average Bonchev–Trinajstić information content (AvgIpc) is 2.39. The van der Waals surface area contributed by atoms with Gasteiger partial charge in [0.1, 0.15) is 10.8 Å². The van der Waals surface area contributed by atoms with E-state index >= 15 is 0 Å². The van der Waals surface area contributed by atoms with E-state index in [4.69, 9.17) is 18.0 Å². The molecule has 5 heteroatoms. The maximum Gasteiger partial charge on any atom is 0.126 e. The number of hydrogen-bond donors (Lipinski definition) is 2. The van der Waals surface area contributed by atoms with Crippen molar-refractivity contribution in [2.45, 2.75) is 20.3 Å². The number of nitrogens with one attached hydrogen (secondary N) is 1.